The quantitative estimate of drug-likeness (QED) is 0.164. The molecule has 1 aromatic rings. The molecule has 12 heavy (non-hydrogen) atoms. The SMILES string of the molecule is C[n+]1ccn(CC(N)=NO)c1.[Cl-]. The molecule has 0 amide bonds. The van der Waals surface area contributed by atoms with Gasteiger partial charge in [0.15, 0.2) is 12.4 Å². The van der Waals surface area contributed by atoms with Gasteiger partial charge in [0.2, 0.25) is 6.33 Å². The van der Waals surface area contributed by atoms with Crippen molar-refractivity contribution in [1.29, 1.82) is 0 Å². The Morgan fingerprint density at radius 1 is 1.75 bits per heavy atom. The van der Waals surface area contributed by atoms with Crippen LogP contribution in [0.1, 0.15) is 0 Å². The first-order valence-electron chi connectivity index (χ1n) is 3.20. The maximum atomic E-state index is 8.25. The summed E-state index contributed by atoms with van der Waals surface area (Å²) in [5.41, 5.74) is 5.28. The predicted molar refractivity (Wildman–Crippen MR) is 39.0 cm³/mol. The van der Waals surface area contributed by atoms with Crippen LogP contribution in [0.2, 0.25) is 0 Å². The Bertz CT molecular complexity index is 270. The minimum atomic E-state index is 0. The van der Waals surface area contributed by atoms with Crippen molar-refractivity contribution >= 4 is 5.84 Å². The number of nitrogens with zero attached hydrogens (tertiary/aromatic N) is 3. The lowest BCUT2D eigenvalue weighted by Crippen LogP contribution is -3.00. The van der Waals surface area contributed by atoms with E-state index in [0.29, 0.717) is 6.54 Å². The van der Waals surface area contributed by atoms with Gasteiger partial charge in [-0.25, -0.2) is 9.13 Å². The second-order valence-electron chi connectivity index (χ2n) is 2.34. The van der Waals surface area contributed by atoms with E-state index in [2.05, 4.69) is 5.16 Å². The van der Waals surface area contributed by atoms with Crippen molar-refractivity contribution in [2.45, 2.75) is 6.54 Å². The second-order valence-corrected chi connectivity index (χ2v) is 2.34. The van der Waals surface area contributed by atoms with Gasteiger partial charge < -0.3 is 23.3 Å². The average Bonchev–Trinajstić information content (AvgIpc) is 2.35. The summed E-state index contributed by atoms with van der Waals surface area (Å²) in [5.74, 6) is 0.196. The Morgan fingerprint density at radius 3 is 2.83 bits per heavy atom. The van der Waals surface area contributed by atoms with Gasteiger partial charge in [0.25, 0.3) is 0 Å². The van der Waals surface area contributed by atoms with E-state index in [4.69, 9.17) is 10.9 Å². The highest BCUT2D eigenvalue weighted by Crippen LogP contribution is 1.82. The molecule has 0 aliphatic rings. The first-order valence-corrected chi connectivity index (χ1v) is 3.20. The van der Waals surface area contributed by atoms with E-state index >= 15 is 0 Å². The van der Waals surface area contributed by atoms with E-state index in [0.717, 1.165) is 0 Å². The summed E-state index contributed by atoms with van der Waals surface area (Å²) in [7, 11) is 1.91. The van der Waals surface area contributed by atoms with Gasteiger partial charge in [-0.2, -0.15) is 0 Å². The van der Waals surface area contributed by atoms with Crippen molar-refractivity contribution in [3.8, 4) is 0 Å². The lowest BCUT2D eigenvalue weighted by Gasteiger charge is -1.91. The first-order chi connectivity index (χ1) is 5.22. The summed E-state index contributed by atoms with van der Waals surface area (Å²) in [6.07, 6.45) is 5.57. The number of hydrogen-bond acceptors (Lipinski definition) is 2. The minimum absolute atomic E-state index is 0. The van der Waals surface area contributed by atoms with Crippen molar-refractivity contribution < 1.29 is 22.2 Å². The maximum absolute atomic E-state index is 8.25. The summed E-state index contributed by atoms with van der Waals surface area (Å²) in [6.45, 7) is 0.414. The number of imidazole rings is 1. The molecular weight excluding hydrogens is 180 g/mol. The molecule has 6 heteroatoms. The van der Waals surface area contributed by atoms with E-state index in [-0.39, 0.29) is 18.2 Å². The summed E-state index contributed by atoms with van der Waals surface area (Å²) >= 11 is 0. The Morgan fingerprint density at radius 2 is 2.42 bits per heavy atom. The van der Waals surface area contributed by atoms with E-state index in [1.165, 1.54) is 0 Å². The fourth-order valence-electron chi connectivity index (χ4n) is 0.814. The summed E-state index contributed by atoms with van der Waals surface area (Å²) in [4.78, 5) is 0. The molecule has 0 aliphatic heterocycles. The molecular formula is C6H11ClN4O. The second kappa shape index (κ2) is 4.61. The van der Waals surface area contributed by atoms with Crippen molar-refractivity contribution in [3.63, 3.8) is 0 Å². The molecule has 0 aromatic carbocycles. The van der Waals surface area contributed by atoms with Crippen LogP contribution in [-0.4, -0.2) is 15.6 Å². The van der Waals surface area contributed by atoms with E-state index in [1.54, 1.807) is 0 Å². The molecule has 3 N–H and O–H groups in total. The van der Waals surface area contributed by atoms with Crippen molar-refractivity contribution in [3.05, 3.63) is 18.7 Å². The van der Waals surface area contributed by atoms with Gasteiger partial charge in [0.05, 0.1) is 7.05 Å². The predicted octanol–water partition coefficient (Wildman–Crippen LogP) is -3.94. The highest BCUT2D eigenvalue weighted by molar-refractivity contribution is 5.79. The van der Waals surface area contributed by atoms with Crippen molar-refractivity contribution in [1.82, 2.24) is 4.57 Å². The van der Waals surface area contributed by atoms with Crippen LogP contribution in [0.15, 0.2) is 23.9 Å². The Kier molecular flexibility index (Phi) is 4.14. The van der Waals surface area contributed by atoms with Gasteiger partial charge in [0.1, 0.15) is 12.4 Å². The fourth-order valence-corrected chi connectivity index (χ4v) is 0.814. The summed E-state index contributed by atoms with van der Waals surface area (Å²) < 4.78 is 3.69. The molecule has 1 aromatic heterocycles. The highest BCUT2D eigenvalue weighted by atomic mass is 35.5. The number of halogens is 1. The first kappa shape index (κ1) is 10.8. The zero-order chi connectivity index (χ0) is 8.27. The maximum Gasteiger partial charge on any atom is 0.243 e. The van der Waals surface area contributed by atoms with E-state index in [1.807, 2.05) is 34.9 Å². The molecule has 0 atom stereocenters. The smallest absolute Gasteiger partial charge is 0.243 e. The zero-order valence-corrected chi connectivity index (χ0v) is 7.44. The number of aromatic nitrogens is 2. The molecule has 1 rings (SSSR count). The third-order valence-electron chi connectivity index (χ3n) is 1.30. The number of oxime groups is 1. The fraction of sp³-hybridized carbons (Fsp3) is 0.333. The molecule has 68 valence electrons. The topological polar surface area (TPSA) is 67.4 Å². The van der Waals surface area contributed by atoms with Gasteiger partial charge in [-0.05, 0) is 0 Å². The van der Waals surface area contributed by atoms with E-state index in [9.17, 15) is 0 Å². The van der Waals surface area contributed by atoms with Gasteiger partial charge in [-0.3, -0.25) is 0 Å². The molecule has 0 spiro atoms. The van der Waals surface area contributed by atoms with Crippen LogP contribution in [0.25, 0.3) is 0 Å². The third-order valence-corrected chi connectivity index (χ3v) is 1.30. The van der Waals surface area contributed by atoms with Gasteiger partial charge in [-0.15, -0.1) is 0 Å². The van der Waals surface area contributed by atoms with Crippen LogP contribution in [0.3, 0.4) is 0 Å². The van der Waals surface area contributed by atoms with Crippen LogP contribution in [-0.2, 0) is 13.6 Å². The lowest BCUT2D eigenvalue weighted by atomic mass is 10.6. The van der Waals surface area contributed by atoms with Crippen molar-refractivity contribution in [2.75, 3.05) is 0 Å². The number of amidine groups is 1. The van der Waals surface area contributed by atoms with Crippen LogP contribution >= 0.6 is 0 Å². The zero-order valence-electron chi connectivity index (χ0n) is 6.68. The Labute approximate surface area is 76.5 Å². The normalized spacial score (nSPS) is 10.9. The lowest BCUT2D eigenvalue weighted by molar-refractivity contribution is -0.671. The number of hydrogen-bond donors (Lipinski definition) is 2. The molecule has 0 radical (unpaired) electrons. The highest BCUT2D eigenvalue weighted by Gasteiger charge is 2.01. The van der Waals surface area contributed by atoms with Crippen LogP contribution in [0.4, 0.5) is 0 Å². The average molecular weight is 191 g/mol. The molecule has 0 saturated carbocycles. The van der Waals surface area contributed by atoms with Crippen LogP contribution in [0.5, 0.6) is 0 Å². The number of aryl methyl sites for hydroxylation is 1. The third kappa shape index (κ3) is 2.79. The largest absolute Gasteiger partial charge is 1.00 e. The molecule has 0 unspecified atom stereocenters. The molecule has 0 fully saturated rings. The number of rotatable bonds is 2. The van der Waals surface area contributed by atoms with Crippen molar-refractivity contribution in [2.24, 2.45) is 17.9 Å². The Balaban J connectivity index is 0.00000121. The van der Waals surface area contributed by atoms with Crippen LogP contribution < -0.4 is 22.7 Å². The molecule has 1 heterocycles. The Hall–Kier alpha value is -1.23. The molecule has 0 saturated heterocycles. The monoisotopic (exact) mass is 190 g/mol. The molecule has 0 aliphatic carbocycles. The molecule has 0 bridgehead atoms. The number of nitrogens with two attached hydrogens (primary N) is 1. The van der Waals surface area contributed by atoms with Gasteiger partial charge in [-0.1, -0.05) is 5.16 Å². The summed E-state index contributed by atoms with van der Waals surface area (Å²) in [6, 6.07) is 0. The van der Waals surface area contributed by atoms with Crippen LogP contribution in [0, 0.1) is 0 Å². The van der Waals surface area contributed by atoms with Gasteiger partial charge >= 0.3 is 0 Å². The van der Waals surface area contributed by atoms with E-state index < -0.39 is 0 Å². The minimum Gasteiger partial charge on any atom is -1.00 e. The standard InChI is InChI=1S/C6H10N4O.ClH/c1-9-2-3-10(5-9)4-6(7)8-11;/h2-3,5H,4H2,1H3,(H2-,7,8,11);1H. The molecule has 5 nitrogen and oxygen atoms in total. The van der Waals surface area contributed by atoms with Gasteiger partial charge in [0, 0.05) is 0 Å². The summed E-state index contributed by atoms with van der Waals surface area (Å²) in [5, 5.41) is 11.1.